The normalized spacial score (nSPS) is 15.6. The SMILES string of the molecule is COCc1c(Cl)cccc1NC(=O)N(C)CC(O)C1CC1. The quantitative estimate of drug-likeness (QED) is 0.849. The van der Waals surface area contributed by atoms with Crippen molar-refractivity contribution in [2.45, 2.75) is 25.6 Å². The van der Waals surface area contributed by atoms with Crippen LogP contribution in [-0.2, 0) is 11.3 Å². The number of carbonyl (C=O) groups excluding carboxylic acids is 1. The zero-order chi connectivity index (χ0) is 15.4. The van der Waals surface area contributed by atoms with Gasteiger partial charge in [0, 0.05) is 37.0 Å². The third kappa shape index (κ3) is 4.33. The van der Waals surface area contributed by atoms with Crippen molar-refractivity contribution in [3.63, 3.8) is 0 Å². The average molecular weight is 313 g/mol. The van der Waals surface area contributed by atoms with E-state index < -0.39 is 6.10 Å². The summed E-state index contributed by atoms with van der Waals surface area (Å²) >= 11 is 6.12. The second-order valence-corrected chi connectivity index (χ2v) is 5.82. The van der Waals surface area contributed by atoms with E-state index in [1.807, 2.05) is 0 Å². The molecule has 0 bridgehead atoms. The van der Waals surface area contributed by atoms with Crippen LogP contribution in [0.2, 0.25) is 5.02 Å². The van der Waals surface area contributed by atoms with Crippen LogP contribution in [0.3, 0.4) is 0 Å². The maximum Gasteiger partial charge on any atom is 0.321 e. The number of rotatable bonds is 6. The van der Waals surface area contributed by atoms with Crippen LogP contribution in [0.25, 0.3) is 0 Å². The van der Waals surface area contributed by atoms with Crippen molar-refractivity contribution in [3.05, 3.63) is 28.8 Å². The molecule has 1 unspecified atom stereocenters. The molecule has 0 saturated heterocycles. The second kappa shape index (κ2) is 7.11. The molecule has 1 atom stereocenters. The molecule has 1 aliphatic carbocycles. The maximum atomic E-state index is 12.2. The monoisotopic (exact) mass is 312 g/mol. The number of anilines is 1. The lowest BCUT2D eigenvalue weighted by Gasteiger charge is -2.22. The number of nitrogens with one attached hydrogen (secondary N) is 1. The Labute approximate surface area is 129 Å². The van der Waals surface area contributed by atoms with E-state index in [9.17, 15) is 9.90 Å². The zero-order valence-electron chi connectivity index (χ0n) is 12.3. The van der Waals surface area contributed by atoms with Crippen LogP contribution in [0.1, 0.15) is 18.4 Å². The molecule has 2 N–H and O–H groups in total. The van der Waals surface area contributed by atoms with Gasteiger partial charge in [0.15, 0.2) is 0 Å². The van der Waals surface area contributed by atoms with Crippen molar-refractivity contribution in [1.82, 2.24) is 4.90 Å². The van der Waals surface area contributed by atoms with Gasteiger partial charge in [-0.2, -0.15) is 0 Å². The third-order valence-electron chi connectivity index (χ3n) is 3.62. The number of methoxy groups -OCH3 is 1. The number of hydrogen-bond acceptors (Lipinski definition) is 3. The number of carbonyl (C=O) groups is 1. The van der Waals surface area contributed by atoms with Crippen LogP contribution >= 0.6 is 11.6 Å². The Morgan fingerprint density at radius 1 is 1.57 bits per heavy atom. The van der Waals surface area contributed by atoms with Gasteiger partial charge in [-0.15, -0.1) is 0 Å². The Balaban J connectivity index is 1.99. The van der Waals surface area contributed by atoms with Crippen molar-refractivity contribution in [2.24, 2.45) is 5.92 Å². The Hall–Kier alpha value is -1.30. The number of aliphatic hydroxyl groups is 1. The molecule has 6 heteroatoms. The standard InChI is InChI=1S/C15H21ClN2O3/c1-18(8-14(19)10-6-7-10)15(20)17-13-5-3-4-12(16)11(13)9-21-2/h3-5,10,14,19H,6-9H2,1-2H3,(H,17,20). The van der Waals surface area contributed by atoms with Crippen molar-refractivity contribution in [3.8, 4) is 0 Å². The Morgan fingerprint density at radius 2 is 2.29 bits per heavy atom. The average Bonchev–Trinajstić information content (AvgIpc) is 3.27. The van der Waals surface area contributed by atoms with E-state index in [1.165, 1.54) is 4.90 Å². The van der Waals surface area contributed by atoms with Crippen molar-refractivity contribution in [1.29, 1.82) is 0 Å². The predicted molar refractivity (Wildman–Crippen MR) is 82.5 cm³/mol. The molecule has 0 aromatic heterocycles. The van der Waals surface area contributed by atoms with Gasteiger partial charge < -0.3 is 20.1 Å². The van der Waals surface area contributed by atoms with Gasteiger partial charge in [0.25, 0.3) is 0 Å². The highest BCUT2D eigenvalue weighted by molar-refractivity contribution is 6.31. The highest BCUT2D eigenvalue weighted by Crippen LogP contribution is 2.32. The molecule has 2 amide bonds. The molecule has 116 valence electrons. The van der Waals surface area contributed by atoms with Gasteiger partial charge in [-0.3, -0.25) is 0 Å². The number of ether oxygens (including phenoxy) is 1. The van der Waals surface area contributed by atoms with Gasteiger partial charge in [0.1, 0.15) is 0 Å². The van der Waals surface area contributed by atoms with Crippen LogP contribution in [0.15, 0.2) is 18.2 Å². The summed E-state index contributed by atoms with van der Waals surface area (Å²) in [5.41, 5.74) is 1.37. The van der Waals surface area contributed by atoms with Gasteiger partial charge in [-0.25, -0.2) is 4.79 Å². The van der Waals surface area contributed by atoms with Crippen LogP contribution < -0.4 is 5.32 Å². The van der Waals surface area contributed by atoms with Crippen molar-refractivity contribution < 1.29 is 14.6 Å². The van der Waals surface area contributed by atoms with Gasteiger partial charge in [0.2, 0.25) is 0 Å². The summed E-state index contributed by atoms with van der Waals surface area (Å²) in [4.78, 5) is 13.7. The summed E-state index contributed by atoms with van der Waals surface area (Å²) < 4.78 is 5.11. The second-order valence-electron chi connectivity index (χ2n) is 5.41. The highest BCUT2D eigenvalue weighted by Gasteiger charge is 2.31. The summed E-state index contributed by atoms with van der Waals surface area (Å²) in [6, 6.07) is 5.04. The molecule has 2 rings (SSSR count). The highest BCUT2D eigenvalue weighted by atomic mass is 35.5. The number of likely N-dealkylation sites (N-methyl/N-ethyl adjacent to an activating group) is 1. The van der Waals surface area contributed by atoms with Crippen LogP contribution in [0.4, 0.5) is 10.5 Å². The van der Waals surface area contributed by atoms with Gasteiger partial charge in [0.05, 0.1) is 12.7 Å². The molecule has 1 saturated carbocycles. The molecule has 0 aliphatic heterocycles. The third-order valence-corrected chi connectivity index (χ3v) is 3.98. The number of amides is 2. The van der Waals surface area contributed by atoms with E-state index in [0.717, 1.165) is 18.4 Å². The van der Waals surface area contributed by atoms with E-state index in [0.29, 0.717) is 29.8 Å². The first-order valence-electron chi connectivity index (χ1n) is 6.99. The van der Waals surface area contributed by atoms with Gasteiger partial charge in [-0.1, -0.05) is 17.7 Å². The predicted octanol–water partition coefficient (Wildman–Crippen LogP) is 2.72. The summed E-state index contributed by atoms with van der Waals surface area (Å²) in [5, 5.41) is 13.3. The number of hydrogen-bond donors (Lipinski definition) is 2. The van der Waals surface area contributed by atoms with Crippen molar-refractivity contribution >= 4 is 23.3 Å². The molecular formula is C15H21ClN2O3. The molecule has 0 heterocycles. The molecule has 1 aliphatic rings. The molecule has 0 spiro atoms. The Morgan fingerprint density at radius 3 is 2.90 bits per heavy atom. The van der Waals surface area contributed by atoms with E-state index in [2.05, 4.69) is 5.32 Å². The summed E-state index contributed by atoms with van der Waals surface area (Å²) in [7, 11) is 3.24. The number of urea groups is 1. The number of nitrogens with zero attached hydrogens (tertiary/aromatic N) is 1. The van der Waals surface area contributed by atoms with E-state index in [4.69, 9.17) is 16.3 Å². The van der Waals surface area contributed by atoms with E-state index in [-0.39, 0.29) is 6.03 Å². The van der Waals surface area contributed by atoms with E-state index in [1.54, 1.807) is 32.4 Å². The molecule has 1 fully saturated rings. The largest absolute Gasteiger partial charge is 0.391 e. The fourth-order valence-corrected chi connectivity index (χ4v) is 2.40. The van der Waals surface area contributed by atoms with E-state index >= 15 is 0 Å². The molecule has 0 radical (unpaired) electrons. The lowest BCUT2D eigenvalue weighted by molar-refractivity contribution is 0.117. The molecule has 1 aromatic rings. The number of benzene rings is 1. The van der Waals surface area contributed by atoms with Crippen LogP contribution in [-0.4, -0.2) is 42.8 Å². The maximum absolute atomic E-state index is 12.2. The van der Waals surface area contributed by atoms with Crippen molar-refractivity contribution in [2.75, 3.05) is 26.0 Å². The lowest BCUT2D eigenvalue weighted by atomic mass is 10.2. The Kier molecular flexibility index (Phi) is 5.45. The molecule has 21 heavy (non-hydrogen) atoms. The van der Waals surface area contributed by atoms with Crippen LogP contribution in [0.5, 0.6) is 0 Å². The molecule has 1 aromatic carbocycles. The summed E-state index contributed by atoms with van der Waals surface area (Å²) in [6.07, 6.45) is 1.64. The smallest absolute Gasteiger partial charge is 0.321 e. The first-order valence-corrected chi connectivity index (χ1v) is 7.37. The Bertz CT molecular complexity index is 506. The molecular weight excluding hydrogens is 292 g/mol. The number of aliphatic hydroxyl groups excluding tert-OH is 1. The minimum absolute atomic E-state index is 0.269. The summed E-state index contributed by atoms with van der Waals surface area (Å²) in [5.74, 6) is 0.343. The lowest BCUT2D eigenvalue weighted by Crippen LogP contribution is -2.38. The van der Waals surface area contributed by atoms with Gasteiger partial charge in [-0.05, 0) is 30.9 Å². The first kappa shape index (κ1) is 16.1. The minimum Gasteiger partial charge on any atom is -0.391 e. The topological polar surface area (TPSA) is 61.8 Å². The number of halogens is 1. The minimum atomic E-state index is -0.446. The summed E-state index contributed by atoms with van der Waals surface area (Å²) in [6.45, 7) is 0.653. The zero-order valence-corrected chi connectivity index (χ0v) is 13.1. The fraction of sp³-hybridized carbons (Fsp3) is 0.533. The molecule has 5 nitrogen and oxygen atoms in total. The van der Waals surface area contributed by atoms with Crippen LogP contribution in [0, 0.1) is 5.92 Å². The van der Waals surface area contributed by atoms with Gasteiger partial charge >= 0.3 is 6.03 Å². The fourth-order valence-electron chi connectivity index (χ4n) is 2.17. The first-order chi connectivity index (χ1) is 10.0.